The average molecular weight is 313 g/mol. The quantitative estimate of drug-likeness (QED) is 0.857. The maximum atomic E-state index is 11.9. The molecule has 6 nitrogen and oxygen atoms in total. The van der Waals surface area contributed by atoms with Crippen molar-refractivity contribution in [2.75, 3.05) is 0 Å². The molecule has 1 fully saturated rings. The van der Waals surface area contributed by atoms with Crippen LogP contribution in [0.4, 0.5) is 0 Å². The number of carboxylic acid groups (broad SMARTS) is 1. The number of carboxylic acids is 1. The molecule has 6 heteroatoms. The van der Waals surface area contributed by atoms with Gasteiger partial charge in [-0.2, -0.15) is 5.10 Å². The molecular formula is C17H19N3O3. The van der Waals surface area contributed by atoms with Crippen molar-refractivity contribution in [1.82, 2.24) is 15.1 Å². The second kappa shape index (κ2) is 6.64. The predicted molar refractivity (Wildman–Crippen MR) is 84.3 cm³/mol. The molecule has 23 heavy (non-hydrogen) atoms. The smallest absolute Gasteiger partial charge is 0.356 e. The van der Waals surface area contributed by atoms with Crippen molar-refractivity contribution in [2.45, 2.75) is 32.2 Å². The Morgan fingerprint density at radius 1 is 1.30 bits per heavy atom. The lowest BCUT2D eigenvalue weighted by molar-refractivity contribution is -0.122. The van der Waals surface area contributed by atoms with E-state index < -0.39 is 5.97 Å². The third-order valence-corrected chi connectivity index (χ3v) is 4.17. The van der Waals surface area contributed by atoms with Gasteiger partial charge >= 0.3 is 5.97 Å². The summed E-state index contributed by atoms with van der Waals surface area (Å²) >= 11 is 0. The summed E-state index contributed by atoms with van der Waals surface area (Å²) in [6.45, 7) is 0.465. The van der Waals surface area contributed by atoms with Crippen LogP contribution in [0.5, 0.6) is 0 Å². The summed E-state index contributed by atoms with van der Waals surface area (Å²) < 4.78 is 1.52. The van der Waals surface area contributed by atoms with E-state index >= 15 is 0 Å². The van der Waals surface area contributed by atoms with Gasteiger partial charge in [0.2, 0.25) is 5.91 Å². The summed E-state index contributed by atoms with van der Waals surface area (Å²) in [5.41, 5.74) is 1.73. The topological polar surface area (TPSA) is 84.2 Å². The van der Waals surface area contributed by atoms with Gasteiger partial charge in [0.1, 0.15) is 0 Å². The number of hydrogen-bond donors (Lipinski definition) is 2. The van der Waals surface area contributed by atoms with E-state index in [1.165, 1.54) is 17.2 Å². The number of aromatic carboxylic acids is 1. The summed E-state index contributed by atoms with van der Waals surface area (Å²) in [4.78, 5) is 22.7. The Hall–Kier alpha value is -2.63. The third-order valence-electron chi connectivity index (χ3n) is 4.17. The normalized spacial score (nSPS) is 14.3. The molecule has 0 radical (unpaired) electrons. The van der Waals surface area contributed by atoms with Gasteiger partial charge in [-0.3, -0.25) is 4.79 Å². The zero-order valence-electron chi connectivity index (χ0n) is 12.7. The Morgan fingerprint density at radius 2 is 2.13 bits per heavy atom. The van der Waals surface area contributed by atoms with Crippen molar-refractivity contribution in [1.29, 1.82) is 0 Å². The second-order valence-corrected chi connectivity index (χ2v) is 5.90. The fourth-order valence-electron chi connectivity index (χ4n) is 2.62. The van der Waals surface area contributed by atoms with Crippen LogP contribution in [0.2, 0.25) is 0 Å². The Morgan fingerprint density at radius 3 is 2.78 bits per heavy atom. The molecule has 0 bridgehead atoms. The Labute approximate surface area is 134 Å². The summed E-state index contributed by atoms with van der Waals surface area (Å²) in [7, 11) is 0. The standard InChI is InChI=1S/C17H19N3O3/c21-16(10-12-3-1-4-12)18-11-13-5-2-6-14(9-13)20-8-7-15(19-20)17(22)23/h2,5-9,12H,1,3-4,10-11H2,(H,18,21)(H,22,23). The van der Waals surface area contributed by atoms with E-state index in [-0.39, 0.29) is 11.6 Å². The van der Waals surface area contributed by atoms with Gasteiger partial charge in [0.15, 0.2) is 5.69 Å². The first-order valence-electron chi connectivity index (χ1n) is 7.77. The van der Waals surface area contributed by atoms with Crippen LogP contribution >= 0.6 is 0 Å². The van der Waals surface area contributed by atoms with Gasteiger partial charge < -0.3 is 10.4 Å². The van der Waals surface area contributed by atoms with Gasteiger partial charge in [-0.05, 0) is 42.5 Å². The zero-order chi connectivity index (χ0) is 16.2. The van der Waals surface area contributed by atoms with Crippen LogP contribution in [-0.4, -0.2) is 26.8 Å². The van der Waals surface area contributed by atoms with E-state index in [0.717, 1.165) is 24.1 Å². The van der Waals surface area contributed by atoms with Gasteiger partial charge in [0.25, 0.3) is 0 Å². The highest BCUT2D eigenvalue weighted by molar-refractivity contribution is 5.85. The summed E-state index contributed by atoms with van der Waals surface area (Å²) in [5, 5.41) is 15.9. The van der Waals surface area contributed by atoms with Gasteiger partial charge in [0.05, 0.1) is 5.69 Å². The van der Waals surface area contributed by atoms with Crippen LogP contribution in [0.1, 0.15) is 41.7 Å². The molecule has 0 atom stereocenters. The maximum absolute atomic E-state index is 11.9. The largest absolute Gasteiger partial charge is 0.476 e. The highest BCUT2D eigenvalue weighted by Crippen LogP contribution is 2.29. The molecule has 120 valence electrons. The third kappa shape index (κ3) is 3.77. The minimum atomic E-state index is -1.05. The number of benzene rings is 1. The highest BCUT2D eigenvalue weighted by atomic mass is 16.4. The number of rotatable bonds is 6. The molecule has 1 aliphatic carbocycles. The number of carbonyl (C=O) groups excluding carboxylic acids is 1. The van der Waals surface area contributed by atoms with Gasteiger partial charge in [-0.15, -0.1) is 0 Å². The number of carbonyl (C=O) groups is 2. The van der Waals surface area contributed by atoms with E-state index in [1.54, 1.807) is 6.20 Å². The van der Waals surface area contributed by atoms with Crippen LogP contribution in [0.3, 0.4) is 0 Å². The molecule has 2 aromatic rings. The van der Waals surface area contributed by atoms with Crippen LogP contribution in [-0.2, 0) is 11.3 Å². The highest BCUT2D eigenvalue weighted by Gasteiger charge is 2.20. The SMILES string of the molecule is O=C(CC1CCC1)NCc1cccc(-n2ccc(C(=O)O)n2)c1. The first-order chi connectivity index (χ1) is 11.1. The zero-order valence-corrected chi connectivity index (χ0v) is 12.7. The molecule has 0 aliphatic heterocycles. The van der Waals surface area contributed by atoms with Gasteiger partial charge in [-0.25, -0.2) is 9.48 Å². The molecule has 3 rings (SSSR count). The van der Waals surface area contributed by atoms with E-state index in [9.17, 15) is 9.59 Å². The van der Waals surface area contributed by atoms with Crippen LogP contribution < -0.4 is 5.32 Å². The Bertz CT molecular complexity index is 719. The lowest BCUT2D eigenvalue weighted by Crippen LogP contribution is -2.27. The minimum Gasteiger partial charge on any atom is -0.476 e. The average Bonchev–Trinajstić information content (AvgIpc) is 2.99. The van der Waals surface area contributed by atoms with E-state index in [2.05, 4.69) is 10.4 Å². The fraction of sp³-hybridized carbons (Fsp3) is 0.353. The second-order valence-electron chi connectivity index (χ2n) is 5.90. The number of nitrogens with zero attached hydrogens (tertiary/aromatic N) is 2. The lowest BCUT2D eigenvalue weighted by Gasteiger charge is -2.24. The van der Waals surface area contributed by atoms with Crippen molar-refractivity contribution < 1.29 is 14.7 Å². The number of aromatic nitrogens is 2. The monoisotopic (exact) mass is 313 g/mol. The van der Waals surface area contributed by atoms with E-state index in [0.29, 0.717) is 18.9 Å². The molecule has 1 aromatic carbocycles. The minimum absolute atomic E-state index is 0.00389. The molecule has 1 saturated carbocycles. The molecule has 1 aromatic heterocycles. The number of hydrogen-bond acceptors (Lipinski definition) is 3. The first-order valence-corrected chi connectivity index (χ1v) is 7.77. The molecule has 1 heterocycles. The molecule has 0 unspecified atom stereocenters. The Balaban J connectivity index is 1.62. The molecule has 1 aliphatic rings. The summed E-state index contributed by atoms with van der Waals surface area (Å²) in [6, 6.07) is 8.98. The lowest BCUT2D eigenvalue weighted by atomic mass is 9.83. The van der Waals surface area contributed by atoms with E-state index in [1.807, 2.05) is 24.3 Å². The van der Waals surface area contributed by atoms with Crippen molar-refractivity contribution in [3.05, 3.63) is 47.8 Å². The van der Waals surface area contributed by atoms with Crippen LogP contribution in [0, 0.1) is 5.92 Å². The fourth-order valence-corrected chi connectivity index (χ4v) is 2.62. The summed E-state index contributed by atoms with van der Waals surface area (Å²) in [6.07, 6.45) is 5.78. The van der Waals surface area contributed by atoms with Gasteiger partial charge in [-0.1, -0.05) is 18.6 Å². The Kier molecular flexibility index (Phi) is 4.41. The predicted octanol–water partition coefficient (Wildman–Crippen LogP) is 2.38. The number of amides is 1. The van der Waals surface area contributed by atoms with Gasteiger partial charge in [0, 0.05) is 19.2 Å². The maximum Gasteiger partial charge on any atom is 0.356 e. The van der Waals surface area contributed by atoms with Crippen molar-refractivity contribution in [3.8, 4) is 5.69 Å². The summed E-state index contributed by atoms with van der Waals surface area (Å²) in [5.74, 6) is -0.407. The molecular weight excluding hydrogens is 294 g/mol. The van der Waals surface area contributed by atoms with E-state index in [4.69, 9.17) is 5.11 Å². The number of nitrogens with one attached hydrogen (secondary N) is 1. The van der Waals surface area contributed by atoms with Crippen molar-refractivity contribution >= 4 is 11.9 Å². The molecule has 2 N–H and O–H groups in total. The van der Waals surface area contributed by atoms with Crippen molar-refractivity contribution in [2.24, 2.45) is 5.92 Å². The molecule has 0 saturated heterocycles. The molecule has 0 spiro atoms. The first kappa shape index (κ1) is 15.3. The molecule has 1 amide bonds. The van der Waals surface area contributed by atoms with Crippen LogP contribution in [0.25, 0.3) is 5.69 Å². The van der Waals surface area contributed by atoms with Crippen LogP contribution in [0.15, 0.2) is 36.5 Å². The van der Waals surface area contributed by atoms with Crippen molar-refractivity contribution in [3.63, 3.8) is 0 Å².